The second kappa shape index (κ2) is 6.89. The lowest BCUT2D eigenvalue weighted by atomic mass is 10.2. The van der Waals surface area contributed by atoms with Crippen LogP contribution in [0.1, 0.15) is 12.0 Å². The number of halogens is 2. The number of hydrogen-bond acceptors (Lipinski definition) is 3. The first kappa shape index (κ1) is 15.2. The highest BCUT2D eigenvalue weighted by atomic mass is 127. The molecule has 1 aromatic rings. The third-order valence-electron chi connectivity index (χ3n) is 2.95. The molecule has 0 bridgehead atoms. The minimum absolute atomic E-state index is 0. The highest BCUT2D eigenvalue weighted by Gasteiger charge is 2.39. The summed E-state index contributed by atoms with van der Waals surface area (Å²) in [7, 11) is 0. The van der Waals surface area contributed by atoms with Gasteiger partial charge in [0.15, 0.2) is 0 Å². The molecule has 0 heterocycles. The molecule has 0 amide bonds. The summed E-state index contributed by atoms with van der Waals surface area (Å²) in [5.74, 6) is 0. The number of hydrogen-bond donors (Lipinski definition) is 2. The molecule has 5 heteroatoms. The van der Waals surface area contributed by atoms with Crippen LogP contribution < -0.4 is 5.73 Å². The molecule has 1 saturated carbocycles. The molecule has 0 spiro atoms. The predicted molar refractivity (Wildman–Crippen MR) is 78.7 cm³/mol. The zero-order valence-electron chi connectivity index (χ0n) is 9.33. The normalized spacial score (nSPS) is 32.2. The summed E-state index contributed by atoms with van der Waals surface area (Å²) >= 11 is 2.27. The molecule has 0 saturated heterocycles. The summed E-state index contributed by atoms with van der Waals surface area (Å²) < 4.78 is 5.99. The molecule has 17 heavy (non-hydrogen) atoms. The summed E-state index contributed by atoms with van der Waals surface area (Å²) in [4.78, 5) is 0. The largest absolute Gasteiger partial charge is 0.391 e. The smallest absolute Gasteiger partial charge is 0.0738 e. The first-order valence-electron chi connectivity index (χ1n) is 5.41. The fraction of sp³-hybridized carbons (Fsp3) is 0.500. The van der Waals surface area contributed by atoms with Gasteiger partial charge in [-0.2, -0.15) is 0 Å². The minimum Gasteiger partial charge on any atom is -0.391 e. The Balaban J connectivity index is 0.00000144. The van der Waals surface area contributed by atoms with Crippen LogP contribution in [0, 0.1) is 0 Å². The Morgan fingerprint density at radius 3 is 2.53 bits per heavy atom. The van der Waals surface area contributed by atoms with E-state index in [0.29, 0.717) is 13.0 Å². The molecule has 3 N–H and O–H groups in total. The molecule has 4 atom stereocenters. The standard InChI is InChI=1S/C12H16INO2.ClH/c13-11-10(6-9(15)12(11)14)16-7-8-4-2-1-3-5-8;/h1-5,9-12,15H,6-7,14H2;1H/t9-,10+,11-,12-;/m1./s1. The monoisotopic (exact) mass is 369 g/mol. The average Bonchev–Trinajstić information content (AvgIpc) is 2.56. The van der Waals surface area contributed by atoms with Crippen LogP contribution in [0.2, 0.25) is 0 Å². The number of aliphatic hydroxyl groups is 1. The van der Waals surface area contributed by atoms with Crippen LogP contribution in [0.15, 0.2) is 30.3 Å². The lowest BCUT2D eigenvalue weighted by Crippen LogP contribution is -2.37. The quantitative estimate of drug-likeness (QED) is 0.632. The molecule has 96 valence electrons. The second-order valence-corrected chi connectivity index (χ2v) is 5.60. The Kier molecular flexibility index (Phi) is 6.16. The van der Waals surface area contributed by atoms with E-state index in [1.807, 2.05) is 30.3 Å². The number of alkyl halides is 1. The van der Waals surface area contributed by atoms with Crippen LogP contribution in [0.4, 0.5) is 0 Å². The molecule has 0 radical (unpaired) electrons. The van der Waals surface area contributed by atoms with Crippen molar-refractivity contribution in [2.24, 2.45) is 5.73 Å². The van der Waals surface area contributed by atoms with E-state index in [1.54, 1.807) is 0 Å². The molecule has 0 aromatic heterocycles. The molecule has 1 aromatic carbocycles. The molecule has 1 fully saturated rings. The topological polar surface area (TPSA) is 55.5 Å². The first-order valence-corrected chi connectivity index (χ1v) is 6.66. The van der Waals surface area contributed by atoms with E-state index >= 15 is 0 Å². The van der Waals surface area contributed by atoms with Gasteiger partial charge in [0, 0.05) is 12.5 Å². The number of aliphatic hydroxyl groups excluding tert-OH is 1. The van der Waals surface area contributed by atoms with Gasteiger partial charge in [0.05, 0.1) is 22.7 Å². The predicted octanol–water partition coefficient (Wildman–Crippen LogP) is 1.89. The first-order chi connectivity index (χ1) is 7.68. The summed E-state index contributed by atoms with van der Waals surface area (Å²) in [6.07, 6.45) is 0.273. The van der Waals surface area contributed by atoms with Crippen molar-refractivity contribution in [2.75, 3.05) is 0 Å². The summed E-state index contributed by atoms with van der Waals surface area (Å²) in [6, 6.07) is 9.88. The third-order valence-corrected chi connectivity index (χ3v) is 4.58. The summed E-state index contributed by atoms with van der Waals surface area (Å²) in [6.45, 7) is 0.588. The molecular weight excluding hydrogens is 352 g/mol. The van der Waals surface area contributed by atoms with Gasteiger partial charge in [0.25, 0.3) is 0 Å². The maximum absolute atomic E-state index is 9.63. The van der Waals surface area contributed by atoms with Gasteiger partial charge >= 0.3 is 0 Å². The number of rotatable bonds is 3. The van der Waals surface area contributed by atoms with Crippen LogP contribution in [0.5, 0.6) is 0 Å². The van der Waals surface area contributed by atoms with Crippen LogP contribution >= 0.6 is 35.0 Å². The molecule has 3 nitrogen and oxygen atoms in total. The second-order valence-electron chi connectivity index (χ2n) is 4.16. The van der Waals surface area contributed by atoms with Gasteiger partial charge in [-0.3, -0.25) is 0 Å². The summed E-state index contributed by atoms with van der Waals surface area (Å²) in [5, 5.41) is 9.63. The fourth-order valence-corrected chi connectivity index (χ4v) is 2.90. The van der Waals surface area contributed by atoms with E-state index in [1.165, 1.54) is 0 Å². The van der Waals surface area contributed by atoms with Gasteiger partial charge in [-0.25, -0.2) is 0 Å². The van der Waals surface area contributed by atoms with Gasteiger partial charge in [-0.1, -0.05) is 52.9 Å². The van der Waals surface area contributed by atoms with Crippen molar-refractivity contribution in [3.05, 3.63) is 35.9 Å². The lowest BCUT2D eigenvalue weighted by Gasteiger charge is -2.17. The summed E-state index contributed by atoms with van der Waals surface area (Å²) in [5.41, 5.74) is 7.00. The molecule has 2 rings (SSSR count). The molecule has 0 aliphatic heterocycles. The van der Waals surface area contributed by atoms with E-state index in [9.17, 15) is 5.11 Å². The van der Waals surface area contributed by atoms with Gasteiger partial charge < -0.3 is 15.6 Å². The Labute approximate surface area is 121 Å². The lowest BCUT2D eigenvalue weighted by molar-refractivity contribution is 0.0399. The number of nitrogens with two attached hydrogens (primary N) is 1. The SMILES string of the molecule is Cl.N[C@H]1[C@H](I)[C@@H](OCc2ccccc2)C[C@H]1O. The van der Waals surface area contributed by atoms with Crippen molar-refractivity contribution in [1.82, 2.24) is 0 Å². The van der Waals surface area contributed by atoms with Gasteiger partial charge in [0.2, 0.25) is 0 Å². The maximum Gasteiger partial charge on any atom is 0.0738 e. The van der Waals surface area contributed by atoms with E-state index in [2.05, 4.69) is 22.6 Å². The van der Waals surface area contributed by atoms with E-state index in [-0.39, 0.29) is 28.5 Å². The van der Waals surface area contributed by atoms with Crippen molar-refractivity contribution >= 4 is 35.0 Å². The van der Waals surface area contributed by atoms with E-state index < -0.39 is 6.10 Å². The van der Waals surface area contributed by atoms with Crippen molar-refractivity contribution in [3.8, 4) is 0 Å². The van der Waals surface area contributed by atoms with Crippen LogP contribution in [0.25, 0.3) is 0 Å². The number of ether oxygens (including phenoxy) is 1. The highest BCUT2D eigenvalue weighted by Crippen LogP contribution is 2.29. The van der Waals surface area contributed by atoms with Gasteiger partial charge in [0.1, 0.15) is 0 Å². The van der Waals surface area contributed by atoms with Crippen molar-refractivity contribution in [1.29, 1.82) is 0 Å². The van der Waals surface area contributed by atoms with Crippen LogP contribution in [-0.2, 0) is 11.3 Å². The molecule has 1 aliphatic carbocycles. The van der Waals surface area contributed by atoms with E-state index in [0.717, 1.165) is 5.56 Å². The average molecular weight is 370 g/mol. The maximum atomic E-state index is 9.63. The molecule has 1 aliphatic rings. The van der Waals surface area contributed by atoms with Crippen molar-refractivity contribution in [2.45, 2.75) is 35.2 Å². The molecule has 0 unspecified atom stereocenters. The Hall–Kier alpha value is 0.120. The van der Waals surface area contributed by atoms with Gasteiger partial charge in [-0.15, -0.1) is 12.4 Å². The minimum atomic E-state index is -0.428. The fourth-order valence-electron chi connectivity index (χ4n) is 1.92. The Bertz CT molecular complexity index is 339. The highest BCUT2D eigenvalue weighted by molar-refractivity contribution is 14.1. The Morgan fingerprint density at radius 2 is 2.00 bits per heavy atom. The third kappa shape index (κ3) is 3.79. The zero-order chi connectivity index (χ0) is 11.5. The van der Waals surface area contributed by atoms with Crippen molar-refractivity contribution < 1.29 is 9.84 Å². The van der Waals surface area contributed by atoms with Crippen molar-refractivity contribution in [3.63, 3.8) is 0 Å². The number of benzene rings is 1. The van der Waals surface area contributed by atoms with Gasteiger partial charge in [-0.05, 0) is 5.56 Å². The van der Waals surface area contributed by atoms with Crippen LogP contribution in [0.3, 0.4) is 0 Å². The van der Waals surface area contributed by atoms with E-state index in [4.69, 9.17) is 10.5 Å². The molecular formula is C12H17ClINO2. The Morgan fingerprint density at radius 1 is 1.35 bits per heavy atom. The van der Waals surface area contributed by atoms with Crippen LogP contribution in [-0.4, -0.2) is 27.3 Å². The zero-order valence-corrected chi connectivity index (χ0v) is 12.3.